The zero-order valence-corrected chi connectivity index (χ0v) is 20.7. The molecule has 0 saturated heterocycles. The standard InChI is InChI=1S/C31H33N3O3/c32-31(36)37-27(19-24-14-16-26(17-15-24)28-13-7-8-18-33-28)21-30(35)29(20-23-9-3-1-4-10-23)34-22-25-11-5-2-6-12-25/h1-18,27,29-30,34-35H,19-22H2,(H2,32,36)/t27-,29-,30-/m0/s1. The fraction of sp³-hybridized carbons (Fsp3) is 0.226. The van der Waals surface area contributed by atoms with Gasteiger partial charge in [0.15, 0.2) is 0 Å². The molecular weight excluding hydrogens is 462 g/mol. The van der Waals surface area contributed by atoms with E-state index in [0.717, 1.165) is 27.9 Å². The van der Waals surface area contributed by atoms with E-state index in [-0.39, 0.29) is 12.5 Å². The predicted octanol–water partition coefficient (Wildman–Crippen LogP) is 4.91. The number of primary amides is 1. The minimum absolute atomic E-state index is 0.242. The van der Waals surface area contributed by atoms with E-state index in [0.29, 0.717) is 19.4 Å². The number of hydrogen-bond donors (Lipinski definition) is 3. The number of rotatable bonds is 12. The highest BCUT2D eigenvalue weighted by atomic mass is 16.6. The van der Waals surface area contributed by atoms with Crippen molar-refractivity contribution in [3.05, 3.63) is 126 Å². The van der Waals surface area contributed by atoms with Gasteiger partial charge in [0.25, 0.3) is 0 Å². The Morgan fingerprint density at radius 3 is 2.05 bits per heavy atom. The maximum atomic E-state index is 11.7. The summed E-state index contributed by atoms with van der Waals surface area (Å²) >= 11 is 0. The molecule has 6 nitrogen and oxygen atoms in total. The summed E-state index contributed by atoms with van der Waals surface area (Å²) in [6.07, 6.45) is 0.921. The maximum Gasteiger partial charge on any atom is 0.404 e. The van der Waals surface area contributed by atoms with Crippen molar-refractivity contribution in [2.24, 2.45) is 5.73 Å². The fourth-order valence-corrected chi connectivity index (χ4v) is 4.44. The van der Waals surface area contributed by atoms with Gasteiger partial charge in [0, 0.05) is 37.2 Å². The first kappa shape index (κ1) is 26.1. The van der Waals surface area contributed by atoms with Crippen LogP contribution >= 0.6 is 0 Å². The minimum atomic E-state index is -0.848. The molecule has 4 aromatic rings. The van der Waals surface area contributed by atoms with Crippen molar-refractivity contribution < 1.29 is 14.6 Å². The molecular formula is C31H33N3O3. The molecule has 0 bridgehead atoms. The van der Waals surface area contributed by atoms with Crippen molar-refractivity contribution in [3.8, 4) is 11.3 Å². The van der Waals surface area contributed by atoms with E-state index in [1.54, 1.807) is 6.20 Å². The molecule has 3 aromatic carbocycles. The van der Waals surface area contributed by atoms with E-state index in [2.05, 4.69) is 10.3 Å². The summed E-state index contributed by atoms with van der Waals surface area (Å²) in [6.45, 7) is 0.617. The van der Waals surface area contributed by atoms with Crippen molar-refractivity contribution >= 4 is 6.09 Å². The van der Waals surface area contributed by atoms with E-state index < -0.39 is 18.3 Å². The first-order valence-corrected chi connectivity index (χ1v) is 12.5. The van der Waals surface area contributed by atoms with Gasteiger partial charge in [0.2, 0.25) is 0 Å². The third-order valence-corrected chi connectivity index (χ3v) is 6.34. The Morgan fingerprint density at radius 1 is 0.811 bits per heavy atom. The molecule has 0 aliphatic heterocycles. The minimum Gasteiger partial charge on any atom is -0.446 e. The molecule has 0 aliphatic carbocycles. The van der Waals surface area contributed by atoms with Crippen molar-refractivity contribution in [2.45, 2.75) is 44.1 Å². The number of hydrogen-bond acceptors (Lipinski definition) is 5. The molecule has 37 heavy (non-hydrogen) atoms. The highest BCUT2D eigenvalue weighted by Gasteiger charge is 2.25. The molecule has 1 heterocycles. The van der Waals surface area contributed by atoms with Crippen molar-refractivity contribution in [2.75, 3.05) is 0 Å². The molecule has 4 rings (SSSR count). The van der Waals surface area contributed by atoms with Crippen LogP contribution in [-0.4, -0.2) is 34.4 Å². The van der Waals surface area contributed by atoms with Gasteiger partial charge in [-0.15, -0.1) is 0 Å². The molecule has 3 atom stereocenters. The summed E-state index contributed by atoms with van der Waals surface area (Å²) in [5.74, 6) is 0. The number of nitrogens with one attached hydrogen (secondary N) is 1. The Hall–Kier alpha value is -4.00. The van der Waals surface area contributed by atoms with E-state index in [4.69, 9.17) is 10.5 Å². The lowest BCUT2D eigenvalue weighted by molar-refractivity contribution is 0.0420. The second-order valence-corrected chi connectivity index (χ2v) is 9.14. The summed E-state index contributed by atoms with van der Waals surface area (Å²) < 4.78 is 5.44. The summed E-state index contributed by atoms with van der Waals surface area (Å²) in [5, 5.41) is 14.8. The third kappa shape index (κ3) is 8.27. The monoisotopic (exact) mass is 495 g/mol. The number of benzene rings is 3. The number of nitrogens with two attached hydrogens (primary N) is 1. The molecule has 0 fully saturated rings. The van der Waals surface area contributed by atoms with Crippen LogP contribution in [-0.2, 0) is 24.1 Å². The molecule has 0 unspecified atom stereocenters. The summed E-state index contributed by atoms with van der Waals surface area (Å²) in [7, 11) is 0. The molecule has 4 N–H and O–H groups in total. The zero-order chi connectivity index (χ0) is 25.9. The number of carbonyl (C=O) groups is 1. The Morgan fingerprint density at radius 2 is 1.43 bits per heavy atom. The van der Waals surface area contributed by atoms with Crippen LogP contribution in [0.1, 0.15) is 23.1 Å². The van der Waals surface area contributed by atoms with E-state index in [1.807, 2.05) is 103 Å². The van der Waals surface area contributed by atoms with Gasteiger partial charge in [0.05, 0.1) is 11.8 Å². The Kier molecular flexibility index (Phi) is 9.41. The van der Waals surface area contributed by atoms with E-state index in [9.17, 15) is 9.90 Å². The van der Waals surface area contributed by atoms with E-state index >= 15 is 0 Å². The van der Waals surface area contributed by atoms with Gasteiger partial charge in [-0.1, -0.05) is 91.0 Å². The highest BCUT2D eigenvalue weighted by Crippen LogP contribution is 2.20. The lowest BCUT2D eigenvalue weighted by Gasteiger charge is -2.28. The Labute approximate surface area is 218 Å². The Bertz CT molecular complexity index is 1220. The maximum absolute atomic E-state index is 11.7. The van der Waals surface area contributed by atoms with Crippen molar-refractivity contribution in [1.29, 1.82) is 0 Å². The normalized spacial score (nSPS) is 13.4. The van der Waals surface area contributed by atoms with Crippen LogP contribution in [0.2, 0.25) is 0 Å². The van der Waals surface area contributed by atoms with Gasteiger partial charge in [-0.05, 0) is 35.2 Å². The highest BCUT2D eigenvalue weighted by molar-refractivity contribution is 5.65. The van der Waals surface area contributed by atoms with Crippen molar-refractivity contribution in [3.63, 3.8) is 0 Å². The molecule has 0 radical (unpaired) electrons. The van der Waals surface area contributed by atoms with Gasteiger partial charge in [-0.2, -0.15) is 0 Å². The number of amides is 1. The molecule has 1 aromatic heterocycles. The van der Waals surface area contributed by atoms with Crippen LogP contribution in [0.3, 0.4) is 0 Å². The van der Waals surface area contributed by atoms with Gasteiger partial charge in [-0.25, -0.2) is 4.79 Å². The summed E-state index contributed by atoms with van der Waals surface area (Å²) in [6, 6.07) is 33.6. The number of carbonyl (C=O) groups excluding carboxylic acids is 1. The number of aromatic nitrogens is 1. The van der Waals surface area contributed by atoms with Gasteiger partial charge < -0.3 is 20.9 Å². The quantitative estimate of drug-likeness (QED) is 0.260. The molecule has 6 heteroatoms. The average Bonchev–Trinajstić information content (AvgIpc) is 2.92. The first-order valence-electron chi connectivity index (χ1n) is 12.5. The lowest BCUT2D eigenvalue weighted by Crippen LogP contribution is -2.44. The van der Waals surface area contributed by atoms with Crippen LogP contribution in [0, 0.1) is 0 Å². The number of ether oxygens (including phenoxy) is 1. The average molecular weight is 496 g/mol. The fourth-order valence-electron chi connectivity index (χ4n) is 4.44. The van der Waals surface area contributed by atoms with E-state index in [1.165, 1.54) is 0 Å². The number of nitrogens with zero attached hydrogens (tertiary/aromatic N) is 1. The summed E-state index contributed by atoms with van der Waals surface area (Å²) in [4.78, 5) is 16.1. The molecule has 0 saturated carbocycles. The molecule has 0 spiro atoms. The van der Waals surface area contributed by atoms with Crippen molar-refractivity contribution in [1.82, 2.24) is 10.3 Å². The Balaban J connectivity index is 1.45. The number of aliphatic hydroxyl groups is 1. The first-order chi connectivity index (χ1) is 18.1. The summed E-state index contributed by atoms with van der Waals surface area (Å²) in [5.41, 5.74) is 10.5. The van der Waals surface area contributed by atoms with Gasteiger partial charge in [0.1, 0.15) is 6.10 Å². The lowest BCUT2D eigenvalue weighted by atomic mass is 9.94. The second-order valence-electron chi connectivity index (χ2n) is 9.14. The number of pyridine rings is 1. The smallest absolute Gasteiger partial charge is 0.404 e. The second kappa shape index (κ2) is 13.3. The largest absolute Gasteiger partial charge is 0.446 e. The predicted molar refractivity (Wildman–Crippen MR) is 146 cm³/mol. The van der Waals surface area contributed by atoms with Crippen LogP contribution in [0.5, 0.6) is 0 Å². The van der Waals surface area contributed by atoms with Gasteiger partial charge in [-0.3, -0.25) is 4.98 Å². The van der Waals surface area contributed by atoms with Crippen LogP contribution in [0.15, 0.2) is 109 Å². The molecule has 1 amide bonds. The van der Waals surface area contributed by atoms with Gasteiger partial charge >= 0.3 is 6.09 Å². The topological polar surface area (TPSA) is 97.5 Å². The van der Waals surface area contributed by atoms with Crippen LogP contribution in [0.25, 0.3) is 11.3 Å². The zero-order valence-electron chi connectivity index (χ0n) is 20.7. The number of aliphatic hydroxyl groups excluding tert-OH is 1. The van der Waals surface area contributed by atoms with Crippen LogP contribution < -0.4 is 11.1 Å². The third-order valence-electron chi connectivity index (χ3n) is 6.34. The SMILES string of the molecule is NC(=O)O[C@@H](Cc1ccc(-c2ccccn2)cc1)C[C@H](O)[C@H](Cc1ccccc1)NCc1ccccc1. The van der Waals surface area contributed by atoms with Crippen LogP contribution in [0.4, 0.5) is 4.79 Å². The molecule has 0 aliphatic rings. The molecule has 190 valence electrons.